The second-order valence-electron chi connectivity index (χ2n) is 10.2. The van der Waals surface area contributed by atoms with E-state index in [9.17, 15) is 26.7 Å². The smallest absolute Gasteiger partial charge is 0.456 e. The molecule has 1 aromatic carbocycles. The second-order valence-corrected chi connectivity index (χ2v) is 10.2. The van der Waals surface area contributed by atoms with Gasteiger partial charge in [-0.3, -0.25) is 0 Å². The number of esters is 1. The Morgan fingerprint density at radius 2 is 1.49 bits per heavy atom. The van der Waals surface area contributed by atoms with Gasteiger partial charge >= 0.3 is 12.1 Å². The molecule has 35 heavy (non-hydrogen) atoms. The van der Waals surface area contributed by atoms with Crippen molar-refractivity contribution >= 4 is 5.97 Å². The van der Waals surface area contributed by atoms with E-state index < -0.39 is 42.1 Å². The van der Waals surface area contributed by atoms with Crippen LogP contribution in [-0.2, 0) is 19.0 Å². The molecule has 2 aliphatic carbocycles. The Balaban J connectivity index is 1.31. The van der Waals surface area contributed by atoms with Crippen molar-refractivity contribution in [3.63, 3.8) is 0 Å². The summed E-state index contributed by atoms with van der Waals surface area (Å²) in [5, 5.41) is 0. The second kappa shape index (κ2) is 11.1. The first-order valence-electron chi connectivity index (χ1n) is 12.7. The molecule has 0 N–H and O–H groups in total. The van der Waals surface area contributed by atoms with Gasteiger partial charge in [0.1, 0.15) is 17.7 Å². The molecule has 0 spiro atoms. The van der Waals surface area contributed by atoms with Gasteiger partial charge in [0.15, 0.2) is 6.29 Å². The molecule has 0 aromatic heterocycles. The highest BCUT2D eigenvalue weighted by Crippen LogP contribution is 2.41. The van der Waals surface area contributed by atoms with Crippen LogP contribution in [0.3, 0.4) is 0 Å². The van der Waals surface area contributed by atoms with E-state index in [1.807, 2.05) is 0 Å². The van der Waals surface area contributed by atoms with Crippen molar-refractivity contribution in [2.45, 2.75) is 89.2 Å². The molecule has 0 radical (unpaired) electrons. The lowest BCUT2D eigenvalue weighted by Gasteiger charge is -2.37. The number of alkyl halides is 3. The monoisotopic (exact) mass is 504 g/mol. The average molecular weight is 505 g/mol. The summed E-state index contributed by atoms with van der Waals surface area (Å²) in [6.45, 7) is 3.22. The van der Waals surface area contributed by atoms with Crippen LogP contribution in [0.1, 0.15) is 88.0 Å². The number of carbonyl (C=O) groups excluding carboxylic acids is 1. The summed E-state index contributed by atoms with van der Waals surface area (Å²) in [4.78, 5) is 11.0. The molecular formula is C26H33F5O4. The summed E-state index contributed by atoms with van der Waals surface area (Å²) in [5.41, 5.74) is 0.195. The van der Waals surface area contributed by atoms with E-state index in [2.05, 4.69) is 11.7 Å². The highest BCUT2D eigenvalue weighted by atomic mass is 19.4. The summed E-state index contributed by atoms with van der Waals surface area (Å²) in [6.07, 6.45) is -0.108. The number of ether oxygens (including phenoxy) is 3. The predicted molar refractivity (Wildman–Crippen MR) is 117 cm³/mol. The largest absolute Gasteiger partial charge is 0.490 e. The minimum atomic E-state index is -5.05. The number of hydrogen-bond acceptors (Lipinski definition) is 4. The van der Waals surface area contributed by atoms with Gasteiger partial charge < -0.3 is 14.2 Å². The van der Waals surface area contributed by atoms with Crippen LogP contribution in [0.4, 0.5) is 22.0 Å². The minimum Gasteiger partial charge on any atom is -0.456 e. The maximum absolute atomic E-state index is 15.0. The van der Waals surface area contributed by atoms with Gasteiger partial charge in [-0.15, -0.1) is 0 Å². The van der Waals surface area contributed by atoms with Crippen LogP contribution in [0.15, 0.2) is 12.1 Å². The molecule has 196 valence electrons. The molecule has 4 rings (SSSR count). The Morgan fingerprint density at radius 1 is 0.914 bits per heavy atom. The SMILES string of the molecule is CCC1CCC(C2COC(c3cc(F)c(C4CCC(OC(=O)C(F)(F)F)CC4)c(F)c3)OC2)CC1. The number of hydrogen-bond donors (Lipinski definition) is 0. The Morgan fingerprint density at radius 3 is 2.00 bits per heavy atom. The maximum atomic E-state index is 15.0. The van der Waals surface area contributed by atoms with E-state index in [-0.39, 0.29) is 36.8 Å². The molecule has 0 bridgehead atoms. The molecule has 4 nitrogen and oxygen atoms in total. The number of rotatable bonds is 5. The first-order chi connectivity index (χ1) is 16.7. The van der Waals surface area contributed by atoms with E-state index in [1.165, 1.54) is 31.4 Å². The van der Waals surface area contributed by atoms with E-state index in [0.29, 0.717) is 25.0 Å². The van der Waals surface area contributed by atoms with Crippen LogP contribution in [0.2, 0.25) is 0 Å². The van der Waals surface area contributed by atoms with Gasteiger partial charge in [-0.25, -0.2) is 13.6 Å². The van der Waals surface area contributed by atoms with Crippen LogP contribution in [-0.4, -0.2) is 31.5 Å². The zero-order valence-corrected chi connectivity index (χ0v) is 19.9. The molecule has 1 aromatic rings. The first kappa shape index (κ1) is 26.3. The quantitative estimate of drug-likeness (QED) is 0.321. The van der Waals surface area contributed by atoms with Crippen molar-refractivity contribution in [2.24, 2.45) is 17.8 Å². The van der Waals surface area contributed by atoms with Gasteiger partial charge in [-0.1, -0.05) is 26.2 Å². The Hall–Kier alpha value is -1.74. The molecule has 2 saturated carbocycles. The maximum Gasteiger partial charge on any atom is 0.490 e. The fourth-order valence-corrected chi connectivity index (χ4v) is 5.87. The van der Waals surface area contributed by atoms with Gasteiger partial charge in [0.25, 0.3) is 0 Å². The summed E-state index contributed by atoms with van der Waals surface area (Å²) >= 11 is 0. The van der Waals surface area contributed by atoms with Crippen molar-refractivity contribution in [1.82, 2.24) is 0 Å². The molecule has 9 heteroatoms. The van der Waals surface area contributed by atoms with Gasteiger partial charge in [0.2, 0.25) is 0 Å². The summed E-state index contributed by atoms with van der Waals surface area (Å²) in [7, 11) is 0. The van der Waals surface area contributed by atoms with E-state index in [1.54, 1.807) is 0 Å². The van der Waals surface area contributed by atoms with Crippen molar-refractivity contribution in [3.8, 4) is 0 Å². The summed E-state index contributed by atoms with van der Waals surface area (Å²) < 4.78 is 83.3. The lowest BCUT2D eigenvalue weighted by Crippen LogP contribution is -2.34. The third-order valence-corrected chi connectivity index (χ3v) is 8.02. The third-order valence-electron chi connectivity index (χ3n) is 8.02. The minimum absolute atomic E-state index is 0.0873. The molecule has 3 aliphatic rings. The molecule has 1 saturated heterocycles. The topological polar surface area (TPSA) is 44.8 Å². The van der Waals surface area contributed by atoms with Gasteiger partial charge in [0, 0.05) is 17.0 Å². The van der Waals surface area contributed by atoms with Crippen molar-refractivity contribution in [2.75, 3.05) is 13.2 Å². The molecule has 0 atom stereocenters. The number of halogens is 5. The van der Waals surface area contributed by atoms with Crippen LogP contribution in [0, 0.1) is 29.4 Å². The molecular weight excluding hydrogens is 471 g/mol. The highest BCUT2D eigenvalue weighted by Gasteiger charge is 2.43. The Kier molecular flexibility index (Phi) is 8.36. The van der Waals surface area contributed by atoms with Gasteiger partial charge in [-0.05, 0) is 68.4 Å². The Labute approximate surface area is 202 Å². The molecule has 3 fully saturated rings. The van der Waals surface area contributed by atoms with Crippen molar-refractivity contribution in [3.05, 3.63) is 34.9 Å². The number of carbonyl (C=O) groups is 1. The zero-order valence-electron chi connectivity index (χ0n) is 19.9. The lowest BCUT2D eigenvalue weighted by atomic mass is 9.75. The summed E-state index contributed by atoms with van der Waals surface area (Å²) in [6, 6.07) is 2.46. The van der Waals surface area contributed by atoms with Crippen LogP contribution >= 0.6 is 0 Å². The molecule has 1 heterocycles. The average Bonchev–Trinajstić information content (AvgIpc) is 2.84. The number of benzene rings is 1. The van der Waals surface area contributed by atoms with E-state index >= 15 is 0 Å². The summed E-state index contributed by atoms with van der Waals surface area (Å²) in [5.74, 6) is -2.52. The highest BCUT2D eigenvalue weighted by molar-refractivity contribution is 5.75. The fourth-order valence-electron chi connectivity index (χ4n) is 5.87. The van der Waals surface area contributed by atoms with Crippen molar-refractivity contribution in [1.29, 1.82) is 0 Å². The standard InChI is InChI=1S/C26H33F5O4/c1-2-15-3-5-16(6-4-15)19-13-33-24(34-14-19)18-11-21(27)23(22(28)12-18)17-7-9-20(10-8-17)35-25(32)26(29,30)31/h11-12,15-17,19-20,24H,2-10,13-14H2,1H3. The van der Waals surface area contributed by atoms with Gasteiger partial charge in [0.05, 0.1) is 13.2 Å². The Bertz CT molecular complexity index is 842. The van der Waals surface area contributed by atoms with Crippen LogP contribution < -0.4 is 0 Å². The third kappa shape index (κ3) is 6.34. The van der Waals surface area contributed by atoms with E-state index in [4.69, 9.17) is 9.47 Å². The molecule has 0 unspecified atom stereocenters. The van der Waals surface area contributed by atoms with Crippen molar-refractivity contribution < 1.29 is 41.0 Å². The predicted octanol–water partition coefficient (Wildman–Crippen LogP) is 6.97. The van der Waals surface area contributed by atoms with E-state index in [0.717, 1.165) is 18.8 Å². The van der Waals surface area contributed by atoms with Gasteiger partial charge in [-0.2, -0.15) is 13.2 Å². The lowest BCUT2D eigenvalue weighted by molar-refractivity contribution is -0.215. The normalized spacial score (nSPS) is 32.3. The van der Waals surface area contributed by atoms with Crippen LogP contribution in [0.5, 0.6) is 0 Å². The van der Waals surface area contributed by atoms with Crippen LogP contribution in [0.25, 0.3) is 0 Å². The molecule has 1 aliphatic heterocycles. The first-order valence-corrected chi connectivity index (χ1v) is 12.7. The molecule has 0 amide bonds. The fraction of sp³-hybridized carbons (Fsp3) is 0.731. The zero-order chi connectivity index (χ0) is 25.2.